The van der Waals surface area contributed by atoms with Gasteiger partial charge in [0.2, 0.25) is 5.91 Å². The third-order valence-corrected chi connectivity index (χ3v) is 4.35. The van der Waals surface area contributed by atoms with E-state index in [-0.39, 0.29) is 18.1 Å². The number of hydrogen-bond donors (Lipinski definition) is 1. The molecule has 108 valence electrons. The van der Waals surface area contributed by atoms with Gasteiger partial charge in [0.05, 0.1) is 6.04 Å². The zero-order valence-electron chi connectivity index (χ0n) is 12.2. The van der Waals surface area contributed by atoms with Crippen LogP contribution in [0.15, 0.2) is 30.3 Å². The molecule has 3 rings (SSSR count). The number of amides is 1. The molecule has 0 radical (unpaired) electrons. The highest BCUT2D eigenvalue weighted by Gasteiger charge is 2.37. The van der Waals surface area contributed by atoms with E-state index < -0.39 is 0 Å². The minimum absolute atomic E-state index is 0.0197. The predicted octanol–water partition coefficient (Wildman–Crippen LogP) is 1.60. The summed E-state index contributed by atoms with van der Waals surface area (Å²) in [5.41, 5.74) is 1.17. The van der Waals surface area contributed by atoms with Crippen molar-refractivity contribution in [2.75, 3.05) is 20.1 Å². The van der Waals surface area contributed by atoms with Gasteiger partial charge in [-0.2, -0.15) is 0 Å². The van der Waals surface area contributed by atoms with Crippen LogP contribution >= 0.6 is 0 Å². The maximum absolute atomic E-state index is 12.3. The molecule has 1 saturated heterocycles. The number of nitrogens with one attached hydrogen (secondary N) is 1. The standard InChI is InChI=1S/C16H23N3O/c1-12-16(20)19(11-10-18(2)14-8-9-14)15(17-12)13-6-4-3-5-7-13/h3-7,12,14-15,17H,8-11H2,1-2H3. The molecule has 2 unspecified atom stereocenters. The van der Waals surface area contributed by atoms with Crippen molar-refractivity contribution in [3.05, 3.63) is 35.9 Å². The molecular formula is C16H23N3O. The van der Waals surface area contributed by atoms with Crippen LogP contribution in [0.25, 0.3) is 0 Å². The third-order valence-electron chi connectivity index (χ3n) is 4.35. The minimum Gasteiger partial charge on any atom is -0.320 e. The Morgan fingerprint density at radius 3 is 2.65 bits per heavy atom. The first kappa shape index (κ1) is 13.6. The van der Waals surface area contributed by atoms with Crippen LogP contribution in [-0.4, -0.2) is 47.9 Å². The van der Waals surface area contributed by atoms with Crippen LogP contribution in [0.2, 0.25) is 0 Å². The molecule has 0 spiro atoms. The summed E-state index contributed by atoms with van der Waals surface area (Å²) >= 11 is 0. The molecule has 1 heterocycles. The number of rotatable bonds is 5. The van der Waals surface area contributed by atoms with E-state index >= 15 is 0 Å². The monoisotopic (exact) mass is 273 g/mol. The fourth-order valence-corrected chi connectivity index (χ4v) is 2.89. The average molecular weight is 273 g/mol. The Hall–Kier alpha value is -1.39. The lowest BCUT2D eigenvalue weighted by Gasteiger charge is -2.27. The zero-order valence-corrected chi connectivity index (χ0v) is 12.2. The van der Waals surface area contributed by atoms with Gasteiger partial charge in [-0.25, -0.2) is 0 Å². The normalized spacial score (nSPS) is 26.6. The fraction of sp³-hybridized carbons (Fsp3) is 0.562. The Bertz CT molecular complexity index is 472. The van der Waals surface area contributed by atoms with Gasteiger partial charge in [0, 0.05) is 19.1 Å². The second-order valence-corrected chi connectivity index (χ2v) is 5.94. The van der Waals surface area contributed by atoms with Crippen molar-refractivity contribution >= 4 is 5.91 Å². The van der Waals surface area contributed by atoms with Crippen molar-refractivity contribution in [1.82, 2.24) is 15.1 Å². The molecule has 1 N–H and O–H groups in total. The van der Waals surface area contributed by atoms with Crippen LogP contribution < -0.4 is 5.32 Å². The van der Waals surface area contributed by atoms with E-state index in [2.05, 4.69) is 29.4 Å². The van der Waals surface area contributed by atoms with Crippen molar-refractivity contribution in [1.29, 1.82) is 0 Å². The molecule has 1 aliphatic heterocycles. The molecule has 1 aliphatic carbocycles. The number of carbonyl (C=O) groups is 1. The number of likely N-dealkylation sites (N-methyl/N-ethyl adjacent to an activating group) is 1. The van der Waals surface area contributed by atoms with E-state index in [1.807, 2.05) is 30.0 Å². The lowest BCUT2D eigenvalue weighted by molar-refractivity contribution is -0.130. The lowest BCUT2D eigenvalue weighted by Crippen LogP contribution is -2.37. The van der Waals surface area contributed by atoms with Crippen molar-refractivity contribution in [2.45, 2.75) is 38.0 Å². The Morgan fingerprint density at radius 1 is 1.30 bits per heavy atom. The van der Waals surface area contributed by atoms with E-state index in [1.165, 1.54) is 18.4 Å². The lowest BCUT2D eigenvalue weighted by atomic mass is 10.1. The van der Waals surface area contributed by atoms with Crippen molar-refractivity contribution < 1.29 is 4.79 Å². The molecular weight excluding hydrogens is 250 g/mol. The van der Waals surface area contributed by atoms with Crippen molar-refractivity contribution in [3.63, 3.8) is 0 Å². The van der Waals surface area contributed by atoms with Crippen LogP contribution in [0.5, 0.6) is 0 Å². The predicted molar refractivity (Wildman–Crippen MR) is 79.1 cm³/mol. The molecule has 4 nitrogen and oxygen atoms in total. The van der Waals surface area contributed by atoms with Gasteiger partial charge in [-0.15, -0.1) is 0 Å². The molecule has 4 heteroatoms. The highest BCUT2D eigenvalue weighted by atomic mass is 16.2. The number of hydrogen-bond acceptors (Lipinski definition) is 3. The Morgan fingerprint density at radius 2 is 2.00 bits per heavy atom. The van der Waals surface area contributed by atoms with Crippen LogP contribution in [0.4, 0.5) is 0 Å². The average Bonchev–Trinajstić information content (AvgIpc) is 3.27. The van der Waals surface area contributed by atoms with Gasteiger partial charge < -0.3 is 9.80 Å². The second-order valence-electron chi connectivity index (χ2n) is 5.94. The van der Waals surface area contributed by atoms with E-state index in [4.69, 9.17) is 0 Å². The van der Waals surface area contributed by atoms with E-state index in [0.29, 0.717) is 0 Å². The molecule has 2 aliphatic rings. The summed E-state index contributed by atoms with van der Waals surface area (Å²) in [6, 6.07) is 10.9. The van der Waals surface area contributed by atoms with Crippen LogP contribution in [0, 0.1) is 0 Å². The maximum Gasteiger partial charge on any atom is 0.241 e. The topological polar surface area (TPSA) is 35.6 Å². The second kappa shape index (κ2) is 5.54. The van der Waals surface area contributed by atoms with Gasteiger partial charge in [-0.1, -0.05) is 30.3 Å². The number of benzene rings is 1. The summed E-state index contributed by atoms with van der Waals surface area (Å²) in [5, 5.41) is 3.40. The Labute approximate surface area is 120 Å². The third kappa shape index (κ3) is 2.72. The number of nitrogens with zero attached hydrogens (tertiary/aromatic N) is 2. The number of carbonyl (C=O) groups excluding carboxylic acids is 1. The van der Waals surface area contributed by atoms with Gasteiger partial charge in [0.25, 0.3) is 0 Å². The first-order valence-corrected chi connectivity index (χ1v) is 7.48. The van der Waals surface area contributed by atoms with Gasteiger partial charge in [-0.05, 0) is 32.4 Å². The maximum atomic E-state index is 12.3. The molecule has 0 bridgehead atoms. The summed E-state index contributed by atoms with van der Waals surface area (Å²) in [5.74, 6) is 0.211. The molecule has 20 heavy (non-hydrogen) atoms. The summed E-state index contributed by atoms with van der Waals surface area (Å²) < 4.78 is 0. The van der Waals surface area contributed by atoms with Crippen LogP contribution in [0.1, 0.15) is 31.5 Å². The van der Waals surface area contributed by atoms with Gasteiger partial charge in [0.1, 0.15) is 6.17 Å². The summed E-state index contributed by atoms with van der Waals surface area (Å²) in [6.45, 7) is 3.69. The van der Waals surface area contributed by atoms with Crippen molar-refractivity contribution in [2.24, 2.45) is 0 Å². The summed E-state index contributed by atoms with van der Waals surface area (Å²) in [4.78, 5) is 16.7. The molecule has 1 aromatic rings. The first-order chi connectivity index (χ1) is 9.66. The van der Waals surface area contributed by atoms with Gasteiger partial charge in [0.15, 0.2) is 0 Å². The summed E-state index contributed by atoms with van der Waals surface area (Å²) in [6.07, 6.45) is 2.63. The van der Waals surface area contributed by atoms with E-state index in [1.54, 1.807) is 0 Å². The van der Waals surface area contributed by atoms with E-state index in [9.17, 15) is 4.79 Å². The quantitative estimate of drug-likeness (QED) is 0.885. The van der Waals surface area contributed by atoms with Crippen molar-refractivity contribution in [3.8, 4) is 0 Å². The smallest absolute Gasteiger partial charge is 0.241 e. The first-order valence-electron chi connectivity index (χ1n) is 7.48. The van der Waals surface area contributed by atoms with Gasteiger partial charge in [-0.3, -0.25) is 10.1 Å². The molecule has 2 fully saturated rings. The van der Waals surface area contributed by atoms with Gasteiger partial charge >= 0.3 is 0 Å². The Kier molecular flexibility index (Phi) is 3.76. The van der Waals surface area contributed by atoms with E-state index in [0.717, 1.165) is 19.1 Å². The molecule has 0 aromatic heterocycles. The Balaban J connectivity index is 1.69. The minimum atomic E-state index is -0.0913. The highest BCUT2D eigenvalue weighted by molar-refractivity contribution is 5.84. The van der Waals surface area contributed by atoms with Crippen LogP contribution in [0.3, 0.4) is 0 Å². The molecule has 1 amide bonds. The van der Waals surface area contributed by atoms with Crippen LogP contribution in [-0.2, 0) is 4.79 Å². The fourth-order valence-electron chi connectivity index (χ4n) is 2.89. The largest absolute Gasteiger partial charge is 0.320 e. The SMILES string of the molecule is CC1NC(c2ccccc2)N(CCN(C)C2CC2)C1=O. The summed E-state index contributed by atoms with van der Waals surface area (Å²) in [7, 11) is 2.16. The zero-order chi connectivity index (χ0) is 14.1. The highest BCUT2D eigenvalue weighted by Crippen LogP contribution is 2.27. The molecule has 1 aromatic carbocycles. The molecule has 1 saturated carbocycles. The molecule has 2 atom stereocenters.